The van der Waals surface area contributed by atoms with Gasteiger partial charge in [-0.05, 0) is 0 Å². The second-order valence-electron chi connectivity index (χ2n) is 3.36. The average molecular weight is 182 g/mol. The van der Waals surface area contributed by atoms with Gasteiger partial charge in [-0.3, -0.25) is 0 Å². The SMILES string of the molecule is CCC(C(=O)[O-])[N+](C)(C)C.Cl. The molecule has 3 nitrogen and oxygen atoms in total. The molecular weight excluding hydrogens is 166 g/mol. The highest BCUT2D eigenvalue weighted by Gasteiger charge is 2.22. The van der Waals surface area contributed by atoms with E-state index in [0.29, 0.717) is 10.9 Å². The van der Waals surface area contributed by atoms with Crippen molar-refractivity contribution in [3.63, 3.8) is 0 Å². The molecule has 4 heteroatoms. The highest BCUT2D eigenvalue weighted by atomic mass is 35.5. The van der Waals surface area contributed by atoms with Crippen LogP contribution in [0.25, 0.3) is 0 Å². The van der Waals surface area contributed by atoms with Crippen molar-refractivity contribution in [2.24, 2.45) is 0 Å². The molecule has 0 heterocycles. The van der Waals surface area contributed by atoms with E-state index in [2.05, 4.69) is 0 Å². The molecule has 1 atom stereocenters. The Labute approximate surface area is 74.0 Å². The van der Waals surface area contributed by atoms with E-state index >= 15 is 0 Å². The molecule has 0 saturated heterocycles. The van der Waals surface area contributed by atoms with Crippen molar-refractivity contribution in [2.45, 2.75) is 19.4 Å². The molecule has 11 heavy (non-hydrogen) atoms. The van der Waals surface area contributed by atoms with Crippen LogP contribution in [-0.4, -0.2) is 37.6 Å². The van der Waals surface area contributed by atoms with Crippen molar-refractivity contribution in [3.05, 3.63) is 0 Å². The van der Waals surface area contributed by atoms with E-state index in [1.165, 1.54) is 0 Å². The quantitative estimate of drug-likeness (QED) is 0.559. The van der Waals surface area contributed by atoms with Gasteiger partial charge in [-0.2, -0.15) is 0 Å². The molecule has 0 saturated carbocycles. The Bertz CT molecular complexity index is 131. The summed E-state index contributed by atoms with van der Waals surface area (Å²) >= 11 is 0. The fourth-order valence-corrected chi connectivity index (χ4v) is 1.03. The number of halogens is 1. The van der Waals surface area contributed by atoms with Crippen LogP contribution in [0.5, 0.6) is 0 Å². The van der Waals surface area contributed by atoms with Crippen molar-refractivity contribution in [2.75, 3.05) is 21.1 Å². The zero-order valence-electron chi connectivity index (χ0n) is 7.46. The second kappa shape index (κ2) is 4.57. The summed E-state index contributed by atoms with van der Waals surface area (Å²) in [5.41, 5.74) is 0. The maximum Gasteiger partial charge on any atom is 0.128 e. The molecule has 0 aliphatic carbocycles. The van der Waals surface area contributed by atoms with E-state index in [9.17, 15) is 9.90 Å². The van der Waals surface area contributed by atoms with Crippen molar-refractivity contribution in [1.82, 2.24) is 0 Å². The molecule has 0 N–H and O–H groups in total. The van der Waals surface area contributed by atoms with E-state index in [1.54, 1.807) is 0 Å². The molecule has 0 aromatic carbocycles. The number of carboxylic acids is 1. The van der Waals surface area contributed by atoms with Gasteiger partial charge in [0.1, 0.15) is 6.04 Å². The third-order valence-corrected chi connectivity index (χ3v) is 1.59. The van der Waals surface area contributed by atoms with Crippen LogP contribution in [0, 0.1) is 0 Å². The van der Waals surface area contributed by atoms with Crippen molar-refractivity contribution >= 4 is 18.4 Å². The molecule has 0 aliphatic rings. The minimum absolute atomic E-state index is 0. The molecular formula is C7H16ClNO2. The number of nitrogens with zero attached hydrogens (tertiary/aromatic N) is 1. The molecule has 0 bridgehead atoms. The number of carbonyl (C=O) groups excluding carboxylic acids is 1. The van der Waals surface area contributed by atoms with Crippen molar-refractivity contribution < 1.29 is 14.4 Å². The number of carbonyl (C=O) groups is 1. The zero-order chi connectivity index (χ0) is 8.36. The third-order valence-electron chi connectivity index (χ3n) is 1.59. The third kappa shape index (κ3) is 4.22. The fraction of sp³-hybridized carbons (Fsp3) is 0.857. The Morgan fingerprint density at radius 1 is 1.45 bits per heavy atom. The number of hydrogen-bond donors (Lipinski definition) is 0. The summed E-state index contributed by atoms with van der Waals surface area (Å²) in [6.07, 6.45) is 0.617. The summed E-state index contributed by atoms with van der Waals surface area (Å²) in [5, 5.41) is 10.5. The van der Waals surface area contributed by atoms with Gasteiger partial charge in [0.05, 0.1) is 27.1 Å². The van der Waals surface area contributed by atoms with Crippen LogP contribution in [0.2, 0.25) is 0 Å². The van der Waals surface area contributed by atoms with Crippen LogP contribution in [-0.2, 0) is 4.79 Å². The molecule has 0 amide bonds. The molecule has 0 fully saturated rings. The van der Waals surface area contributed by atoms with E-state index < -0.39 is 5.97 Å². The van der Waals surface area contributed by atoms with Crippen LogP contribution in [0.1, 0.15) is 13.3 Å². The van der Waals surface area contributed by atoms with Gasteiger partial charge in [0.25, 0.3) is 0 Å². The molecule has 0 aromatic heterocycles. The highest BCUT2D eigenvalue weighted by molar-refractivity contribution is 5.85. The minimum atomic E-state index is -0.963. The van der Waals surface area contributed by atoms with Crippen molar-refractivity contribution in [1.29, 1.82) is 0 Å². The van der Waals surface area contributed by atoms with Gasteiger partial charge < -0.3 is 14.4 Å². The van der Waals surface area contributed by atoms with Crippen LogP contribution >= 0.6 is 12.4 Å². The smallest absolute Gasteiger partial charge is 0.128 e. The average Bonchev–Trinajstić information content (AvgIpc) is 1.60. The topological polar surface area (TPSA) is 40.1 Å². The number of carboxylic acid groups (broad SMARTS) is 1. The lowest BCUT2D eigenvalue weighted by Gasteiger charge is -2.33. The van der Waals surface area contributed by atoms with Gasteiger partial charge in [-0.25, -0.2) is 0 Å². The number of aliphatic carboxylic acids is 1. The lowest BCUT2D eigenvalue weighted by molar-refractivity contribution is -0.889. The Hall–Kier alpha value is -0.280. The number of hydrogen-bond acceptors (Lipinski definition) is 2. The molecule has 0 spiro atoms. The normalized spacial score (nSPS) is 13.5. The van der Waals surface area contributed by atoms with E-state index in [-0.39, 0.29) is 18.4 Å². The minimum Gasteiger partial charge on any atom is -0.544 e. The Morgan fingerprint density at radius 3 is 1.82 bits per heavy atom. The summed E-state index contributed by atoms with van der Waals surface area (Å²) in [6, 6.07) is -0.389. The molecule has 0 rings (SSSR count). The zero-order valence-corrected chi connectivity index (χ0v) is 8.27. The van der Waals surface area contributed by atoms with E-state index in [0.717, 1.165) is 0 Å². The number of quaternary nitrogens is 1. The number of likely N-dealkylation sites (N-methyl/N-ethyl adjacent to an activating group) is 1. The van der Waals surface area contributed by atoms with Crippen LogP contribution in [0.15, 0.2) is 0 Å². The number of rotatable bonds is 3. The van der Waals surface area contributed by atoms with Crippen LogP contribution < -0.4 is 5.11 Å². The summed E-state index contributed by atoms with van der Waals surface area (Å²) in [7, 11) is 5.55. The predicted molar refractivity (Wildman–Crippen MR) is 44.4 cm³/mol. The highest BCUT2D eigenvalue weighted by Crippen LogP contribution is 2.05. The van der Waals surface area contributed by atoms with E-state index in [1.807, 2.05) is 28.1 Å². The Morgan fingerprint density at radius 2 is 1.82 bits per heavy atom. The maximum absolute atomic E-state index is 10.5. The first-order valence-electron chi connectivity index (χ1n) is 3.41. The largest absolute Gasteiger partial charge is 0.544 e. The fourth-order valence-electron chi connectivity index (χ4n) is 1.03. The molecule has 0 aliphatic heterocycles. The van der Waals surface area contributed by atoms with Gasteiger partial charge in [0, 0.05) is 6.42 Å². The van der Waals surface area contributed by atoms with Gasteiger partial charge >= 0.3 is 0 Å². The standard InChI is InChI=1S/C7H15NO2.ClH/c1-5-6(7(9)10)8(2,3)4;/h6H,5H2,1-4H3;1H. The summed E-state index contributed by atoms with van der Waals surface area (Å²) in [6.45, 7) is 1.85. The maximum atomic E-state index is 10.5. The van der Waals surface area contributed by atoms with Gasteiger partial charge in [-0.15, -0.1) is 12.4 Å². The first-order chi connectivity index (χ1) is 4.39. The van der Waals surface area contributed by atoms with E-state index in [4.69, 9.17) is 0 Å². The monoisotopic (exact) mass is 181 g/mol. The predicted octanol–water partition coefficient (Wildman–Crippen LogP) is -0.357. The molecule has 0 aromatic rings. The summed E-state index contributed by atoms with van der Waals surface area (Å²) < 4.78 is 0.429. The Kier molecular flexibility index (Phi) is 5.53. The lowest BCUT2D eigenvalue weighted by atomic mass is 10.2. The van der Waals surface area contributed by atoms with Gasteiger partial charge in [0.2, 0.25) is 0 Å². The summed E-state index contributed by atoms with van der Waals surface area (Å²) in [4.78, 5) is 10.5. The van der Waals surface area contributed by atoms with Crippen molar-refractivity contribution in [3.8, 4) is 0 Å². The molecule has 1 unspecified atom stereocenters. The summed E-state index contributed by atoms with van der Waals surface area (Å²) in [5.74, 6) is -0.963. The Balaban J connectivity index is 0. The first-order valence-corrected chi connectivity index (χ1v) is 3.41. The van der Waals surface area contributed by atoms with Gasteiger partial charge in [-0.1, -0.05) is 6.92 Å². The van der Waals surface area contributed by atoms with Gasteiger partial charge in [0.15, 0.2) is 0 Å². The molecule has 0 radical (unpaired) electrons. The first kappa shape index (κ1) is 13.3. The second-order valence-corrected chi connectivity index (χ2v) is 3.36. The lowest BCUT2D eigenvalue weighted by Crippen LogP contribution is -2.54. The van der Waals surface area contributed by atoms with Crippen LogP contribution in [0.3, 0.4) is 0 Å². The molecule has 68 valence electrons. The van der Waals surface area contributed by atoms with Crippen LogP contribution in [0.4, 0.5) is 0 Å².